The minimum atomic E-state index is 0.267. The lowest BCUT2D eigenvalue weighted by molar-refractivity contribution is 0.462. The zero-order valence-corrected chi connectivity index (χ0v) is 10.8. The van der Waals surface area contributed by atoms with E-state index in [2.05, 4.69) is 0 Å². The molecule has 0 aliphatic carbocycles. The number of benzene rings is 2. The van der Waals surface area contributed by atoms with E-state index in [0.717, 1.165) is 24.0 Å². The summed E-state index contributed by atoms with van der Waals surface area (Å²) in [6.45, 7) is 4.00. The SMILES string of the molecule is CCc1cccc(-c2cccc(CC)c2O)c1O. The Morgan fingerprint density at radius 1 is 0.722 bits per heavy atom. The van der Waals surface area contributed by atoms with Crippen molar-refractivity contribution in [1.82, 2.24) is 0 Å². The van der Waals surface area contributed by atoms with Crippen molar-refractivity contribution in [2.24, 2.45) is 0 Å². The van der Waals surface area contributed by atoms with Gasteiger partial charge in [-0.05, 0) is 24.0 Å². The predicted molar refractivity (Wildman–Crippen MR) is 74.0 cm³/mol. The zero-order valence-electron chi connectivity index (χ0n) is 10.8. The van der Waals surface area contributed by atoms with Crippen LogP contribution in [0.1, 0.15) is 25.0 Å². The highest BCUT2D eigenvalue weighted by Crippen LogP contribution is 2.38. The van der Waals surface area contributed by atoms with Gasteiger partial charge in [0.1, 0.15) is 11.5 Å². The third kappa shape index (κ3) is 2.06. The Labute approximate surface area is 108 Å². The molecule has 0 saturated heterocycles. The minimum Gasteiger partial charge on any atom is -0.507 e. The van der Waals surface area contributed by atoms with E-state index in [9.17, 15) is 10.2 Å². The molecular weight excluding hydrogens is 224 g/mol. The molecule has 0 fully saturated rings. The molecule has 2 N–H and O–H groups in total. The number of aromatic hydroxyl groups is 2. The standard InChI is InChI=1S/C16H18O2/c1-3-11-7-5-9-13(15(11)17)14-10-6-8-12(4-2)16(14)18/h5-10,17-18H,3-4H2,1-2H3. The summed E-state index contributed by atoms with van der Waals surface area (Å²) in [5.74, 6) is 0.534. The Morgan fingerprint density at radius 3 is 1.44 bits per heavy atom. The van der Waals surface area contributed by atoms with Gasteiger partial charge in [0.15, 0.2) is 0 Å². The van der Waals surface area contributed by atoms with E-state index in [1.54, 1.807) is 0 Å². The van der Waals surface area contributed by atoms with Crippen molar-refractivity contribution in [1.29, 1.82) is 0 Å². The van der Waals surface area contributed by atoms with E-state index in [1.165, 1.54) is 0 Å². The smallest absolute Gasteiger partial charge is 0.126 e. The van der Waals surface area contributed by atoms with Gasteiger partial charge in [-0.2, -0.15) is 0 Å². The van der Waals surface area contributed by atoms with Crippen molar-refractivity contribution in [2.75, 3.05) is 0 Å². The first-order chi connectivity index (χ1) is 8.69. The Bertz CT molecular complexity index is 508. The fourth-order valence-corrected chi connectivity index (χ4v) is 2.19. The molecule has 2 aromatic carbocycles. The van der Waals surface area contributed by atoms with E-state index in [-0.39, 0.29) is 11.5 Å². The summed E-state index contributed by atoms with van der Waals surface area (Å²) in [6, 6.07) is 11.3. The largest absolute Gasteiger partial charge is 0.507 e. The Kier molecular flexibility index (Phi) is 3.56. The maximum Gasteiger partial charge on any atom is 0.126 e. The molecule has 0 spiro atoms. The molecule has 18 heavy (non-hydrogen) atoms. The molecule has 0 saturated carbocycles. The molecule has 2 nitrogen and oxygen atoms in total. The molecule has 0 aliphatic rings. The lowest BCUT2D eigenvalue weighted by Gasteiger charge is -2.12. The lowest BCUT2D eigenvalue weighted by atomic mass is 9.97. The molecule has 2 heteroatoms. The van der Waals surface area contributed by atoms with Crippen molar-refractivity contribution < 1.29 is 10.2 Å². The summed E-state index contributed by atoms with van der Waals surface area (Å²) in [6.07, 6.45) is 1.54. The average Bonchev–Trinajstić information content (AvgIpc) is 2.40. The predicted octanol–water partition coefficient (Wildman–Crippen LogP) is 3.89. The lowest BCUT2D eigenvalue weighted by Crippen LogP contribution is -1.89. The summed E-state index contributed by atoms with van der Waals surface area (Å²) in [5.41, 5.74) is 3.19. The van der Waals surface area contributed by atoms with Gasteiger partial charge in [0, 0.05) is 11.1 Å². The molecule has 0 aromatic heterocycles. The Hall–Kier alpha value is -1.96. The number of phenolic OH excluding ortho intramolecular Hbond substituents is 2. The van der Waals surface area contributed by atoms with Gasteiger partial charge in [0.05, 0.1) is 0 Å². The highest BCUT2D eigenvalue weighted by atomic mass is 16.3. The van der Waals surface area contributed by atoms with Crippen LogP contribution in [0.3, 0.4) is 0 Å². The first-order valence-electron chi connectivity index (χ1n) is 6.31. The third-order valence-corrected chi connectivity index (χ3v) is 3.29. The maximum absolute atomic E-state index is 10.2. The molecular formula is C16H18O2. The van der Waals surface area contributed by atoms with Crippen LogP contribution in [-0.2, 0) is 12.8 Å². The Balaban J connectivity index is 2.62. The molecule has 0 unspecified atom stereocenters. The molecule has 2 aromatic rings. The van der Waals surface area contributed by atoms with Gasteiger partial charge >= 0.3 is 0 Å². The van der Waals surface area contributed by atoms with Crippen LogP contribution in [0.5, 0.6) is 11.5 Å². The fourth-order valence-electron chi connectivity index (χ4n) is 2.19. The average molecular weight is 242 g/mol. The van der Waals surface area contributed by atoms with Crippen molar-refractivity contribution in [3.63, 3.8) is 0 Å². The van der Waals surface area contributed by atoms with Gasteiger partial charge in [0.2, 0.25) is 0 Å². The molecule has 0 heterocycles. The monoisotopic (exact) mass is 242 g/mol. The molecule has 0 atom stereocenters. The van der Waals surface area contributed by atoms with E-state index in [4.69, 9.17) is 0 Å². The molecule has 94 valence electrons. The van der Waals surface area contributed by atoms with E-state index < -0.39 is 0 Å². The highest BCUT2D eigenvalue weighted by Gasteiger charge is 2.13. The molecule has 0 amide bonds. The van der Waals surface area contributed by atoms with Gasteiger partial charge in [-0.15, -0.1) is 0 Å². The zero-order chi connectivity index (χ0) is 13.1. The number of hydrogen-bond donors (Lipinski definition) is 2. The van der Waals surface area contributed by atoms with Crippen LogP contribution >= 0.6 is 0 Å². The highest BCUT2D eigenvalue weighted by molar-refractivity contribution is 5.77. The van der Waals surface area contributed by atoms with Crippen LogP contribution in [-0.4, -0.2) is 10.2 Å². The van der Waals surface area contributed by atoms with E-state index in [0.29, 0.717) is 11.1 Å². The van der Waals surface area contributed by atoms with Gasteiger partial charge in [0.25, 0.3) is 0 Å². The maximum atomic E-state index is 10.2. The second-order valence-electron chi connectivity index (χ2n) is 4.33. The fraction of sp³-hybridized carbons (Fsp3) is 0.250. The molecule has 0 radical (unpaired) electrons. The van der Waals surface area contributed by atoms with Crippen LogP contribution in [0.4, 0.5) is 0 Å². The van der Waals surface area contributed by atoms with E-state index in [1.807, 2.05) is 50.2 Å². The van der Waals surface area contributed by atoms with Gasteiger partial charge < -0.3 is 10.2 Å². The van der Waals surface area contributed by atoms with Crippen LogP contribution < -0.4 is 0 Å². The molecule has 2 rings (SSSR count). The van der Waals surface area contributed by atoms with Crippen molar-refractivity contribution in [3.05, 3.63) is 47.5 Å². The van der Waals surface area contributed by atoms with Crippen molar-refractivity contribution in [3.8, 4) is 22.6 Å². The quantitative estimate of drug-likeness (QED) is 0.857. The second-order valence-corrected chi connectivity index (χ2v) is 4.33. The summed E-state index contributed by atoms with van der Waals surface area (Å²) in [7, 11) is 0. The summed E-state index contributed by atoms with van der Waals surface area (Å²) in [4.78, 5) is 0. The van der Waals surface area contributed by atoms with Crippen LogP contribution in [0.25, 0.3) is 11.1 Å². The number of rotatable bonds is 3. The Morgan fingerprint density at radius 2 is 1.11 bits per heavy atom. The van der Waals surface area contributed by atoms with Crippen LogP contribution in [0.15, 0.2) is 36.4 Å². The second kappa shape index (κ2) is 5.13. The number of hydrogen-bond acceptors (Lipinski definition) is 2. The number of phenols is 2. The van der Waals surface area contributed by atoms with Gasteiger partial charge in [-0.25, -0.2) is 0 Å². The number of aryl methyl sites for hydroxylation is 2. The summed E-state index contributed by atoms with van der Waals surface area (Å²) < 4.78 is 0. The van der Waals surface area contributed by atoms with Crippen LogP contribution in [0, 0.1) is 0 Å². The molecule has 0 aliphatic heterocycles. The van der Waals surface area contributed by atoms with E-state index >= 15 is 0 Å². The number of para-hydroxylation sites is 2. The van der Waals surface area contributed by atoms with Crippen molar-refractivity contribution in [2.45, 2.75) is 26.7 Å². The summed E-state index contributed by atoms with van der Waals surface area (Å²) in [5, 5.41) is 20.4. The minimum absolute atomic E-state index is 0.267. The van der Waals surface area contributed by atoms with Crippen LogP contribution in [0.2, 0.25) is 0 Å². The first-order valence-corrected chi connectivity index (χ1v) is 6.31. The first kappa shape index (κ1) is 12.5. The third-order valence-electron chi connectivity index (χ3n) is 3.29. The van der Waals surface area contributed by atoms with Crippen molar-refractivity contribution >= 4 is 0 Å². The molecule has 0 bridgehead atoms. The topological polar surface area (TPSA) is 40.5 Å². The summed E-state index contributed by atoms with van der Waals surface area (Å²) >= 11 is 0. The normalized spacial score (nSPS) is 10.6. The van der Waals surface area contributed by atoms with Gasteiger partial charge in [-0.1, -0.05) is 50.2 Å². The van der Waals surface area contributed by atoms with Gasteiger partial charge in [-0.3, -0.25) is 0 Å².